The zero-order chi connectivity index (χ0) is 13.5. The maximum Gasteiger partial charge on any atom is 0.0390 e. The van der Waals surface area contributed by atoms with E-state index < -0.39 is 0 Å². The van der Waals surface area contributed by atoms with Gasteiger partial charge in [-0.1, -0.05) is 52.3 Å². The molecule has 0 unspecified atom stereocenters. The van der Waals surface area contributed by atoms with E-state index in [9.17, 15) is 0 Å². The number of rotatable bonds is 1. The lowest BCUT2D eigenvalue weighted by atomic mass is 9.97. The van der Waals surface area contributed by atoms with Crippen molar-refractivity contribution in [2.24, 2.45) is 0 Å². The summed E-state index contributed by atoms with van der Waals surface area (Å²) in [5, 5.41) is 2.84. The molecule has 20 heavy (non-hydrogen) atoms. The molecule has 0 saturated carbocycles. The molecule has 0 spiro atoms. The van der Waals surface area contributed by atoms with Crippen molar-refractivity contribution in [3.8, 4) is 0 Å². The molecular weight excluding hydrogens is 328 g/mol. The van der Waals surface area contributed by atoms with Crippen molar-refractivity contribution in [1.82, 2.24) is 0 Å². The van der Waals surface area contributed by atoms with Gasteiger partial charge >= 0.3 is 0 Å². The fraction of sp³-hybridized carbons (Fsp3) is 0.111. The minimum atomic E-state index is 1.14. The molecule has 2 aromatic carbocycles. The Bertz CT molecular complexity index is 901. The standard InChI is InChI=1S/C18H13BrS/c19-13-10-8-12(9-11-13)14-5-3-6-16-15-4-1-2-7-17(15)20-18(14)16/h1-2,4,6-11H,3,5H2. The van der Waals surface area contributed by atoms with Gasteiger partial charge in [-0.05, 0) is 52.8 Å². The van der Waals surface area contributed by atoms with Crippen LogP contribution in [-0.2, 0) is 0 Å². The maximum atomic E-state index is 3.52. The van der Waals surface area contributed by atoms with Crippen LogP contribution in [0.2, 0.25) is 0 Å². The van der Waals surface area contributed by atoms with Gasteiger partial charge in [-0.3, -0.25) is 0 Å². The summed E-state index contributed by atoms with van der Waals surface area (Å²) in [7, 11) is 0. The first-order chi connectivity index (χ1) is 9.83. The number of thiophene rings is 1. The van der Waals surface area contributed by atoms with Gasteiger partial charge in [-0.25, -0.2) is 0 Å². The Morgan fingerprint density at radius 1 is 0.950 bits per heavy atom. The van der Waals surface area contributed by atoms with Crippen molar-refractivity contribution >= 4 is 49.0 Å². The quantitative estimate of drug-likeness (QED) is 0.614. The summed E-state index contributed by atoms with van der Waals surface area (Å²) >= 11 is 5.44. The van der Waals surface area contributed by atoms with Crippen molar-refractivity contribution in [3.63, 3.8) is 0 Å². The van der Waals surface area contributed by atoms with Gasteiger partial charge in [0.2, 0.25) is 0 Å². The predicted molar refractivity (Wildman–Crippen MR) is 91.4 cm³/mol. The Hall–Kier alpha value is -1.38. The van der Waals surface area contributed by atoms with E-state index in [1.807, 2.05) is 11.3 Å². The van der Waals surface area contributed by atoms with Crippen molar-refractivity contribution in [2.45, 2.75) is 12.8 Å². The number of hydrogen-bond donors (Lipinski definition) is 0. The lowest BCUT2D eigenvalue weighted by Gasteiger charge is -2.09. The number of hydrogen-bond acceptors (Lipinski definition) is 1. The van der Waals surface area contributed by atoms with Crippen molar-refractivity contribution in [1.29, 1.82) is 0 Å². The van der Waals surface area contributed by atoms with E-state index in [2.05, 4.69) is 70.5 Å². The van der Waals surface area contributed by atoms with Crippen LogP contribution in [0, 0.1) is 0 Å². The first kappa shape index (κ1) is 12.4. The third kappa shape index (κ3) is 1.95. The van der Waals surface area contributed by atoms with Crippen LogP contribution in [0.4, 0.5) is 0 Å². The third-order valence-electron chi connectivity index (χ3n) is 3.84. The van der Waals surface area contributed by atoms with Gasteiger partial charge in [-0.2, -0.15) is 0 Å². The van der Waals surface area contributed by atoms with Crippen LogP contribution in [0.5, 0.6) is 0 Å². The van der Waals surface area contributed by atoms with Crippen LogP contribution in [0.3, 0.4) is 0 Å². The van der Waals surface area contributed by atoms with Crippen molar-refractivity contribution < 1.29 is 0 Å². The molecule has 0 aliphatic heterocycles. The summed E-state index contributed by atoms with van der Waals surface area (Å²) in [5.74, 6) is 0. The van der Waals surface area contributed by atoms with Crippen LogP contribution in [0.15, 0.2) is 53.0 Å². The topological polar surface area (TPSA) is 0 Å². The Labute approximate surface area is 130 Å². The smallest absolute Gasteiger partial charge is 0.0390 e. The van der Waals surface area contributed by atoms with Crippen LogP contribution in [0.1, 0.15) is 18.4 Å². The Balaban J connectivity index is 2.09. The SMILES string of the molecule is Brc1ccc(C2=c3sc4ccccc4c3=CCC2)cc1. The van der Waals surface area contributed by atoms with E-state index in [-0.39, 0.29) is 0 Å². The molecule has 0 saturated heterocycles. The van der Waals surface area contributed by atoms with E-state index in [4.69, 9.17) is 0 Å². The second-order valence-electron chi connectivity index (χ2n) is 5.07. The molecule has 98 valence electrons. The molecule has 0 bridgehead atoms. The van der Waals surface area contributed by atoms with Crippen molar-refractivity contribution in [3.05, 3.63) is 68.3 Å². The van der Waals surface area contributed by atoms with E-state index in [1.54, 1.807) is 0 Å². The Morgan fingerprint density at radius 2 is 1.75 bits per heavy atom. The number of fused-ring (bicyclic) bond motifs is 3. The summed E-state index contributed by atoms with van der Waals surface area (Å²) in [6, 6.07) is 17.4. The first-order valence-corrected chi connectivity index (χ1v) is 8.41. The lowest BCUT2D eigenvalue weighted by molar-refractivity contribution is 1.09. The summed E-state index contributed by atoms with van der Waals surface area (Å²) in [6.45, 7) is 0. The molecule has 1 aliphatic carbocycles. The van der Waals surface area contributed by atoms with E-state index in [0.717, 1.165) is 17.3 Å². The summed E-state index contributed by atoms with van der Waals surface area (Å²) in [6.07, 6.45) is 4.68. The lowest BCUT2D eigenvalue weighted by Crippen LogP contribution is -2.24. The van der Waals surface area contributed by atoms with Crippen LogP contribution in [-0.4, -0.2) is 0 Å². The minimum absolute atomic E-state index is 1.14. The molecule has 0 fully saturated rings. The zero-order valence-electron chi connectivity index (χ0n) is 10.9. The molecule has 3 aromatic rings. The third-order valence-corrected chi connectivity index (χ3v) is 5.62. The largest absolute Gasteiger partial charge is 0.135 e. The highest BCUT2D eigenvalue weighted by atomic mass is 79.9. The highest BCUT2D eigenvalue weighted by Crippen LogP contribution is 2.24. The molecule has 1 heterocycles. The van der Waals surface area contributed by atoms with Gasteiger partial charge in [-0.15, -0.1) is 11.3 Å². The molecule has 0 radical (unpaired) electrons. The molecule has 4 rings (SSSR count). The summed E-state index contributed by atoms with van der Waals surface area (Å²) < 4.78 is 3.99. The molecule has 0 nitrogen and oxygen atoms in total. The van der Waals surface area contributed by atoms with Crippen LogP contribution < -0.4 is 9.75 Å². The van der Waals surface area contributed by atoms with Gasteiger partial charge in [0.25, 0.3) is 0 Å². The minimum Gasteiger partial charge on any atom is -0.135 e. The molecule has 1 aliphatic rings. The fourth-order valence-corrected chi connectivity index (χ4v) is 4.46. The Kier molecular flexibility index (Phi) is 3.01. The van der Waals surface area contributed by atoms with E-state index in [1.165, 1.54) is 31.0 Å². The summed E-state index contributed by atoms with van der Waals surface area (Å²) in [4.78, 5) is 0. The van der Waals surface area contributed by atoms with E-state index >= 15 is 0 Å². The molecule has 0 N–H and O–H groups in total. The fourth-order valence-electron chi connectivity index (χ4n) is 2.89. The van der Waals surface area contributed by atoms with Crippen molar-refractivity contribution in [2.75, 3.05) is 0 Å². The second kappa shape index (κ2) is 4.87. The predicted octanol–water partition coefficient (Wildman–Crippen LogP) is 4.44. The van der Waals surface area contributed by atoms with Gasteiger partial charge in [0.1, 0.15) is 0 Å². The highest BCUT2D eigenvalue weighted by molar-refractivity contribution is 9.10. The maximum absolute atomic E-state index is 3.52. The van der Waals surface area contributed by atoms with Gasteiger partial charge in [0.05, 0.1) is 0 Å². The molecule has 0 amide bonds. The van der Waals surface area contributed by atoms with Gasteiger partial charge < -0.3 is 0 Å². The molecule has 2 heteroatoms. The van der Waals surface area contributed by atoms with Gasteiger partial charge in [0.15, 0.2) is 0 Å². The Morgan fingerprint density at radius 3 is 2.60 bits per heavy atom. The molecule has 1 aromatic heterocycles. The average Bonchev–Trinajstić information content (AvgIpc) is 2.87. The highest BCUT2D eigenvalue weighted by Gasteiger charge is 2.11. The first-order valence-electron chi connectivity index (χ1n) is 6.80. The monoisotopic (exact) mass is 340 g/mol. The molecule has 0 atom stereocenters. The van der Waals surface area contributed by atoms with E-state index in [0.29, 0.717) is 0 Å². The van der Waals surface area contributed by atoms with Crippen LogP contribution >= 0.6 is 27.3 Å². The normalized spacial score (nSPS) is 14.2. The second-order valence-corrected chi connectivity index (χ2v) is 7.04. The number of benzene rings is 2. The summed E-state index contributed by atoms with van der Waals surface area (Å²) in [5.41, 5.74) is 2.85. The van der Waals surface area contributed by atoms with Crippen LogP contribution in [0.25, 0.3) is 21.7 Å². The zero-order valence-corrected chi connectivity index (χ0v) is 13.3. The van der Waals surface area contributed by atoms with Gasteiger partial charge in [0, 0.05) is 13.7 Å². The average molecular weight is 341 g/mol. The number of halogens is 1. The molecular formula is C18H13BrS.